The van der Waals surface area contributed by atoms with Gasteiger partial charge in [0.1, 0.15) is 5.75 Å². The number of nitrogens with one attached hydrogen (secondary N) is 1. The van der Waals surface area contributed by atoms with E-state index in [2.05, 4.69) is 4.98 Å². The largest absolute Gasteiger partial charge is 0.485 e. The smallest absolute Gasteiger partial charge is 0.340 e. The lowest BCUT2D eigenvalue weighted by molar-refractivity contribution is 0.0525. The van der Waals surface area contributed by atoms with Crippen LogP contribution in [0.5, 0.6) is 5.75 Å². The zero-order valence-electron chi connectivity index (χ0n) is 17.2. The van der Waals surface area contributed by atoms with Crippen LogP contribution in [0.2, 0.25) is 0 Å². The van der Waals surface area contributed by atoms with Crippen LogP contribution in [0.25, 0.3) is 0 Å². The summed E-state index contributed by atoms with van der Waals surface area (Å²) in [5.41, 5.74) is 2.97. The number of ketones is 2. The Kier molecular flexibility index (Phi) is 6.47. The van der Waals surface area contributed by atoms with Crippen LogP contribution in [0.15, 0.2) is 54.6 Å². The highest BCUT2D eigenvalue weighted by Crippen LogP contribution is 2.21. The second-order valence-electron chi connectivity index (χ2n) is 6.78. The zero-order chi connectivity index (χ0) is 21.7. The van der Waals surface area contributed by atoms with Crippen LogP contribution in [0.1, 0.15) is 54.9 Å². The Morgan fingerprint density at radius 3 is 2.17 bits per heavy atom. The van der Waals surface area contributed by atoms with Crippen LogP contribution in [0.3, 0.4) is 0 Å². The molecular formula is C24H23NO5. The molecule has 6 nitrogen and oxygen atoms in total. The first-order chi connectivity index (χ1) is 14.4. The van der Waals surface area contributed by atoms with E-state index in [1.54, 1.807) is 57.2 Å². The average Bonchev–Trinajstić information content (AvgIpc) is 3.06. The minimum atomic E-state index is -0.456. The maximum Gasteiger partial charge on any atom is 0.340 e. The quantitative estimate of drug-likeness (QED) is 0.446. The van der Waals surface area contributed by atoms with E-state index < -0.39 is 5.97 Å². The Bertz CT molecular complexity index is 1060. The highest BCUT2D eigenvalue weighted by molar-refractivity contribution is 6.09. The van der Waals surface area contributed by atoms with Crippen molar-refractivity contribution in [2.45, 2.75) is 20.8 Å². The van der Waals surface area contributed by atoms with Gasteiger partial charge in [-0.25, -0.2) is 4.79 Å². The SMILES string of the molecule is CCOC(=O)c1c(C)[nH]c(C(=O)COc2ccc(C(=O)c3ccccc3)cc2)c1C. The highest BCUT2D eigenvalue weighted by Gasteiger charge is 2.23. The molecule has 0 amide bonds. The molecule has 0 saturated carbocycles. The first kappa shape index (κ1) is 21.0. The third kappa shape index (κ3) is 4.49. The van der Waals surface area contributed by atoms with Gasteiger partial charge in [0.2, 0.25) is 5.78 Å². The van der Waals surface area contributed by atoms with Gasteiger partial charge in [0.25, 0.3) is 0 Å². The molecule has 0 aliphatic heterocycles. The zero-order valence-corrected chi connectivity index (χ0v) is 17.2. The van der Waals surface area contributed by atoms with Gasteiger partial charge in [-0.05, 0) is 50.6 Å². The number of hydrogen-bond donors (Lipinski definition) is 1. The molecule has 0 saturated heterocycles. The van der Waals surface area contributed by atoms with Crippen LogP contribution >= 0.6 is 0 Å². The Balaban J connectivity index is 1.66. The lowest BCUT2D eigenvalue weighted by atomic mass is 10.0. The first-order valence-electron chi connectivity index (χ1n) is 9.64. The van der Waals surface area contributed by atoms with E-state index >= 15 is 0 Å². The van der Waals surface area contributed by atoms with Gasteiger partial charge < -0.3 is 14.5 Å². The van der Waals surface area contributed by atoms with Crippen molar-refractivity contribution in [1.29, 1.82) is 0 Å². The van der Waals surface area contributed by atoms with Crippen LogP contribution in [-0.4, -0.2) is 35.7 Å². The van der Waals surface area contributed by atoms with Crippen molar-refractivity contribution in [2.75, 3.05) is 13.2 Å². The Labute approximate surface area is 174 Å². The average molecular weight is 405 g/mol. The van der Waals surface area contributed by atoms with Crippen LogP contribution in [0, 0.1) is 13.8 Å². The molecule has 30 heavy (non-hydrogen) atoms. The van der Waals surface area contributed by atoms with E-state index in [9.17, 15) is 14.4 Å². The number of aromatic nitrogens is 1. The third-order valence-electron chi connectivity index (χ3n) is 4.72. The molecule has 1 N–H and O–H groups in total. The van der Waals surface area contributed by atoms with Crippen molar-refractivity contribution in [3.8, 4) is 5.75 Å². The molecule has 0 fully saturated rings. The fourth-order valence-electron chi connectivity index (χ4n) is 3.22. The molecule has 3 rings (SSSR count). The van der Waals surface area contributed by atoms with E-state index in [0.29, 0.717) is 39.4 Å². The lowest BCUT2D eigenvalue weighted by Gasteiger charge is -2.07. The fraction of sp³-hybridized carbons (Fsp3) is 0.208. The van der Waals surface area contributed by atoms with E-state index in [1.807, 2.05) is 18.2 Å². The fourth-order valence-corrected chi connectivity index (χ4v) is 3.22. The second-order valence-corrected chi connectivity index (χ2v) is 6.78. The molecule has 154 valence electrons. The summed E-state index contributed by atoms with van der Waals surface area (Å²) in [6, 6.07) is 15.6. The number of rotatable bonds is 8. The molecule has 0 atom stereocenters. The van der Waals surface area contributed by atoms with Crippen LogP contribution < -0.4 is 4.74 Å². The minimum Gasteiger partial charge on any atom is -0.485 e. The predicted octanol–water partition coefficient (Wildman–Crippen LogP) is 4.30. The number of H-pyrrole nitrogens is 1. The second kappa shape index (κ2) is 9.22. The van der Waals surface area contributed by atoms with E-state index in [1.165, 1.54) is 0 Å². The standard InChI is InChI=1S/C24H23NO5/c1-4-29-24(28)21-15(2)22(25-16(21)3)20(26)14-30-19-12-10-18(11-13-19)23(27)17-8-6-5-7-9-17/h5-13,25H,4,14H2,1-3H3. The van der Waals surface area contributed by atoms with Gasteiger partial charge in [0.05, 0.1) is 17.9 Å². The number of hydrogen-bond acceptors (Lipinski definition) is 5. The van der Waals surface area contributed by atoms with Crippen molar-refractivity contribution in [1.82, 2.24) is 4.98 Å². The van der Waals surface area contributed by atoms with Gasteiger partial charge in [0.15, 0.2) is 12.4 Å². The first-order valence-corrected chi connectivity index (χ1v) is 9.64. The Morgan fingerprint density at radius 1 is 0.900 bits per heavy atom. The summed E-state index contributed by atoms with van der Waals surface area (Å²) in [6.45, 7) is 5.22. The number of carbonyl (C=O) groups excluding carboxylic acids is 3. The van der Waals surface area contributed by atoms with Gasteiger partial charge in [-0.2, -0.15) is 0 Å². The molecule has 2 aromatic carbocycles. The van der Waals surface area contributed by atoms with Gasteiger partial charge in [-0.15, -0.1) is 0 Å². The molecule has 0 bridgehead atoms. The summed E-state index contributed by atoms with van der Waals surface area (Å²) < 4.78 is 10.6. The predicted molar refractivity (Wildman–Crippen MR) is 112 cm³/mol. The maximum atomic E-state index is 12.6. The molecule has 3 aromatic rings. The van der Waals surface area contributed by atoms with Gasteiger partial charge in [0, 0.05) is 16.8 Å². The van der Waals surface area contributed by atoms with Crippen molar-refractivity contribution in [3.05, 3.63) is 88.2 Å². The maximum absolute atomic E-state index is 12.6. The third-order valence-corrected chi connectivity index (χ3v) is 4.72. The summed E-state index contributed by atoms with van der Waals surface area (Å²) in [5.74, 6) is -0.348. The van der Waals surface area contributed by atoms with Crippen molar-refractivity contribution < 1.29 is 23.9 Å². The Morgan fingerprint density at radius 2 is 1.53 bits per heavy atom. The minimum absolute atomic E-state index is 0.0813. The van der Waals surface area contributed by atoms with Crippen LogP contribution in [-0.2, 0) is 4.74 Å². The molecule has 6 heteroatoms. The van der Waals surface area contributed by atoms with Gasteiger partial charge in [-0.1, -0.05) is 30.3 Å². The molecule has 0 spiro atoms. The number of ether oxygens (including phenoxy) is 2. The highest BCUT2D eigenvalue weighted by atomic mass is 16.5. The molecule has 0 radical (unpaired) electrons. The number of esters is 1. The monoisotopic (exact) mass is 405 g/mol. The van der Waals surface area contributed by atoms with E-state index in [0.717, 1.165) is 0 Å². The van der Waals surface area contributed by atoms with E-state index in [-0.39, 0.29) is 24.8 Å². The normalized spacial score (nSPS) is 10.5. The molecule has 0 unspecified atom stereocenters. The molecule has 0 aliphatic carbocycles. The summed E-state index contributed by atoms with van der Waals surface area (Å²) in [6.07, 6.45) is 0. The van der Waals surface area contributed by atoms with Crippen LogP contribution in [0.4, 0.5) is 0 Å². The van der Waals surface area contributed by atoms with Gasteiger partial charge >= 0.3 is 5.97 Å². The van der Waals surface area contributed by atoms with E-state index in [4.69, 9.17) is 9.47 Å². The van der Waals surface area contributed by atoms with Crippen molar-refractivity contribution >= 4 is 17.5 Å². The summed E-state index contributed by atoms with van der Waals surface area (Å²) in [4.78, 5) is 40.1. The number of benzene rings is 2. The number of carbonyl (C=O) groups is 3. The van der Waals surface area contributed by atoms with Crippen molar-refractivity contribution in [2.24, 2.45) is 0 Å². The van der Waals surface area contributed by atoms with Gasteiger partial charge in [-0.3, -0.25) is 9.59 Å². The molecule has 1 aromatic heterocycles. The number of aromatic amines is 1. The van der Waals surface area contributed by atoms with Crippen molar-refractivity contribution in [3.63, 3.8) is 0 Å². The molecule has 0 aliphatic rings. The Hall–Kier alpha value is -3.67. The number of Topliss-reactive ketones (excluding diaryl/α,β-unsaturated/α-hetero) is 1. The topological polar surface area (TPSA) is 85.5 Å². The lowest BCUT2D eigenvalue weighted by Crippen LogP contribution is -2.14. The summed E-state index contributed by atoms with van der Waals surface area (Å²) >= 11 is 0. The summed E-state index contributed by atoms with van der Waals surface area (Å²) in [7, 11) is 0. The molecule has 1 heterocycles. The summed E-state index contributed by atoms with van der Waals surface area (Å²) in [5, 5.41) is 0. The molecular weight excluding hydrogens is 382 g/mol. The number of aryl methyl sites for hydroxylation is 1.